The molecule has 0 fully saturated rings. The average Bonchev–Trinajstić information content (AvgIpc) is 0.800. The zero-order valence-electron chi connectivity index (χ0n) is 66.6. The highest BCUT2D eigenvalue weighted by Crippen LogP contribution is 2.29. The van der Waals surface area contributed by atoms with Gasteiger partial charge in [0.2, 0.25) is 22.8 Å². The molecular weight excluding hydrogens is 921 g/mol. The minimum Gasteiger partial charge on any atom is -0.201 e. The second kappa shape index (κ2) is 27.0. The largest absolute Gasteiger partial charge is 0.212 e. The maximum Gasteiger partial charge on any atom is 0.212 e. The summed E-state index contributed by atoms with van der Waals surface area (Å²) in [6, 6.07) is 34.0. The highest BCUT2D eigenvalue weighted by molar-refractivity contribution is 5.65. The van der Waals surface area contributed by atoms with Crippen LogP contribution in [0, 0.1) is 80.8 Å². The van der Waals surface area contributed by atoms with Gasteiger partial charge in [0.15, 0.2) is 24.8 Å². The van der Waals surface area contributed by atoms with Gasteiger partial charge in [-0.15, -0.1) is 0 Å². The Bertz CT molecular complexity index is 3950. The Balaban J connectivity index is 0.000000227. The monoisotopic (exact) mass is 1030 g/mol. The normalized spacial score (nSPS) is 15.9. The van der Waals surface area contributed by atoms with E-state index in [1.165, 1.54) is 0 Å². The van der Waals surface area contributed by atoms with Crippen LogP contribution in [0.15, 0.2) is 134 Å². The fraction of sp³-hybridized carbons (Fsp3) is 0.389. The third-order valence-electron chi connectivity index (χ3n) is 13.3. The molecule has 0 atom stereocenters. The molecule has 0 bridgehead atoms. The molecule has 0 radical (unpaired) electrons. The van der Waals surface area contributed by atoms with Crippen LogP contribution in [0.5, 0.6) is 0 Å². The highest BCUT2D eigenvalue weighted by atomic mass is 14.9. The van der Waals surface area contributed by atoms with Gasteiger partial charge in [0.05, 0.1) is 0 Å². The number of benzene rings is 4. The van der Waals surface area contributed by atoms with Crippen LogP contribution in [0.2, 0.25) is 0 Å². The topological polar surface area (TPSA) is 15.5 Å². The zero-order chi connectivity index (χ0) is 71.7. The maximum absolute atomic E-state index is 8.27. The van der Waals surface area contributed by atoms with Gasteiger partial charge in [-0.25, -0.2) is 18.3 Å². The van der Waals surface area contributed by atoms with E-state index in [0.29, 0.717) is 33.4 Å². The van der Waals surface area contributed by atoms with E-state index in [9.17, 15) is 0 Å². The Kier molecular flexibility index (Phi) is 13.8. The number of hydrogen-bond donors (Lipinski definition) is 0. The predicted octanol–water partition coefficient (Wildman–Crippen LogP) is 16.4. The first kappa shape index (κ1) is 38.9. The van der Waals surface area contributed by atoms with Crippen LogP contribution < -0.4 is 18.3 Å². The predicted molar refractivity (Wildman–Crippen MR) is 325 cm³/mol. The van der Waals surface area contributed by atoms with Gasteiger partial charge in [0.1, 0.15) is 28.2 Å². The minimum atomic E-state index is -2.13. The fourth-order valence-corrected chi connectivity index (χ4v) is 9.08. The Morgan fingerprint density at radius 3 is 0.974 bits per heavy atom. The summed E-state index contributed by atoms with van der Waals surface area (Å²) in [6.45, 7) is 18.1. The number of aryl methyl sites for hydroxylation is 14. The molecule has 0 saturated heterocycles. The highest BCUT2D eigenvalue weighted by Gasteiger charge is 2.18. The van der Waals surface area contributed by atoms with Gasteiger partial charge in [-0.2, -0.15) is 0 Å². The standard InChI is InChI=1S/C19H26N.2C18H24N.C17H22N/c1-13(2)9-17-7-8-18(15(4)10-17)19-11-14(3)16(5)12-20(19)6;1-12(2)16-7-8-17(14(4)9-16)18-10-13(3)15(5)11-19(18)6;1-13(2)10-16-7-8-17(15(4)11-16)18-9-6-14(3)12-19(18)5;1-12(2)15-7-8-16(14(4)10-15)17-9-6-13(3)11-18(17)5/h7-8,10-13H,9H2,1-6H3;7-12H,1-6H3;6-9,11-13H,10H2,1-5H3;6-12H,1-5H3/q4*+1/i5D3,9D2;5D3,12D;3D3,10D2;3D3,12D. The molecule has 4 aromatic carbocycles. The van der Waals surface area contributed by atoms with Gasteiger partial charge in [0.25, 0.3) is 0 Å². The summed E-state index contributed by atoms with van der Waals surface area (Å²) in [6.07, 6.45) is 3.88. The van der Waals surface area contributed by atoms with Crippen molar-refractivity contribution < 1.29 is 42.9 Å². The molecule has 0 spiro atoms. The van der Waals surface area contributed by atoms with E-state index < -0.39 is 51.9 Å². The Labute approximate surface area is 487 Å². The Hall–Kier alpha value is -6.52. The number of nitrogens with zero attached hydrogens (tertiary/aromatic N) is 4. The summed E-state index contributed by atoms with van der Waals surface area (Å²) in [5.41, 5.74) is 18.0. The summed E-state index contributed by atoms with van der Waals surface area (Å²) < 4.78 is 147. The third kappa shape index (κ3) is 16.2. The molecule has 8 rings (SSSR count). The van der Waals surface area contributed by atoms with Gasteiger partial charge in [-0.05, 0) is 197 Å². The van der Waals surface area contributed by atoms with Crippen molar-refractivity contribution in [2.75, 3.05) is 0 Å². The van der Waals surface area contributed by atoms with E-state index in [0.717, 1.165) is 89.5 Å². The minimum absolute atomic E-state index is 0.113. The lowest BCUT2D eigenvalue weighted by Gasteiger charge is -2.11. The van der Waals surface area contributed by atoms with E-state index >= 15 is 0 Å². The van der Waals surface area contributed by atoms with Crippen molar-refractivity contribution in [3.05, 3.63) is 212 Å². The third-order valence-corrected chi connectivity index (χ3v) is 13.3. The molecule has 0 saturated carbocycles. The van der Waals surface area contributed by atoms with E-state index in [2.05, 4.69) is 0 Å². The van der Waals surface area contributed by atoms with Crippen molar-refractivity contribution in [1.82, 2.24) is 0 Å². The molecule has 0 aliphatic heterocycles. The molecule has 8 aromatic rings. The first-order chi connectivity index (χ1) is 42.7. The molecule has 0 unspecified atom stereocenters. The molecule has 4 aromatic heterocycles. The molecule has 4 nitrogen and oxygen atoms in total. The van der Waals surface area contributed by atoms with Crippen LogP contribution in [-0.2, 0) is 40.9 Å². The number of aromatic nitrogens is 4. The van der Waals surface area contributed by atoms with Crippen LogP contribution in [0.1, 0.15) is 170 Å². The Morgan fingerprint density at radius 2 is 0.684 bits per heavy atom. The summed E-state index contributed by atoms with van der Waals surface area (Å²) in [4.78, 5) is 0. The van der Waals surface area contributed by atoms with E-state index in [-0.39, 0.29) is 11.8 Å². The van der Waals surface area contributed by atoms with Gasteiger partial charge in [0, 0.05) is 93.4 Å². The number of pyridine rings is 4. The molecule has 4 heteroatoms. The molecule has 0 aliphatic carbocycles. The zero-order valence-corrected chi connectivity index (χ0v) is 48.6. The van der Waals surface area contributed by atoms with E-state index in [1.807, 2.05) is 230 Å². The first-order valence-corrected chi connectivity index (χ1v) is 26.2. The number of hydrogen-bond acceptors (Lipinski definition) is 0. The second-order valence-corrected chi connectivity index (χ2v) is 21.3. The van der Waals surface area contributed by atoms with E-state index in [4.69, 9.17) is 24.7 Å². The van der Waals surface area contributed by atoms with Crippen LogP contribution in [0.25, 0.3) is 45.0 Å². The molecule has 0 aliphatic rings. The van der Waals surface area contributed by atoms with Crippen LogP contribution in [-0.4, -0.2) is 0 Å². The molecule has 4 heterocycles. The van der Waals surface area contributed by atoms with Crippen molar-refractivity contribution in [1.29, 1.82) is 0 Å². The molecule has 0 amide bonds. The van der Waals surface area contributed by atoms with Crippen LogP contribution in [0.4, 0.5) is 0 Å². The summed E-state index contributed by atoms with van der Waals surface area (Å²) in [5, 5.41) is 0. The summed E-state index contributed by atoms with van der Waals surface area (Å²) in [7, 11) is 7.38. The lowest BCUT2D eigenvalue weighted by Crippen LogP contribution is -2.31. The molecule has 400 valence electrons. The summed E-state index contributed by atoms with van der Waals surface area (Å²) >= 11 is 0. The quantitative estimate of drug-likeness (QED) is 0.121. The van der Waals surface area contributed by atoms with Crippen molar-refractivity contribution in [2.45, 2.75) is 149 Å². The van der Waals surface area contributed by atoms with Gasteiger partial charge in [-0.1, -0.05) is 104 Å². The smallest absolute Gasteiger partial charge is 0.201 e. The van der Waals surface area contributed by atoms with Gasteiger partial charge >= 0.3 is 0 Å². The lowest BCUT2D eigenvalue weighted by atomic mass is 9.95. The second-order valence-electron chi connectivity index (χ2n) is 21.3. The van der Waals surface area contributed by atoms with Gasteiger partial charge in [-0.3, -0.25) is 0 Å². The van der Waals surface area contributed by atoms with Crippen molar-refractivity contribution in [3.63, 3.8) is 0 Å². The SMILES string of the molecule is [2H]C([2H])([2H])c1c[n+](C)c(-c2ccc(C([2H])(C)C)cc2C)cc1C.[2H]C([2H])([2H])c1c[n+](C)c(-c2ccc(C([2H])([2H])C(C)C)cc2C)cc1C.[2H]C([2H])([2H])c1ccc(-c2ccc(C([2H])(C)C)cc2C)[n+](C)c1.[2H]C([2H])([2H])c1ccc(-c2ccc(C([2H])([2H])C(C)C)cc2C)[n+](C)c1. The molecule has 0 N–H and O–H groups in total. The lowest BCUT2D eigenvalue weighted by molar-refractivity contribution is -0.660. The Morgan fingerprint density at radius 1 is 0.355 bits per heavy atom. The van der Waals surface area contributed by atoms with Crippen LogP contribution in [0.3, 0.4) is 0 Å². The van der Waals surface area contributed by atoms with E-state index in [1.54, 1.807) is 47.6 Å². The van der Waals surface area contributed by atoms with Crippen molar-refractivity contribution in [3.8, 4) is 45.0 Å². The van der Waals surface area contributed by atoms with Crippen LogP contribution >= 0.6 is 0 Å². The molecule has 76 heavy (non-hydrogen) atoms. The average molecular weight is 1040 g/mol. The summed E-state index contributed by atoms with van der Waals surface area (Å²) in [5.74, 6) is -1.49. The molecular formula is C72H96N4+4. The maximum atomic E-state index is 8.27. The fourth-order valence-electron chi connectivity index (χ4n) is 9.08. The first-order valence-electron chi connectivity index (χ1n) is 35.2. The van der Waals surface area contributed by atoms with Crippen molar-refractivity contribution >= 4 is 0 Å². The van der Waals surface area contributed by atoms with Crippen molar-refractivity contribution in [2.24, 2.45) is 40.0 Å². The van der Waals surface area contributed by atoms with Gasteiger partial charge < -0.3 is 0 Å². The number of rotatable bonds is 10.